The number of nitrogen functional groups attached to an aromatic ring is 1. The Kier molecular flexibility index (Phi) is 3.31. The van der Waals surface area contributed by atoms with Gasteiger partial charge < -0.3 is 11.1 Å². The number of anilines is 1. The van der Waals surface area contributed by atoms with Crippen LogP contribution in [0.15, 0.2) is 12.1 Å². The summed E-state index contributed by atoms with van der Waals surface area (Å²) in [4.78, 5) is 16.3. The van der Waals surface area contributed by atoms with Crippen LogP contribution in [0.2, 0.25) is 0 Å². The van der Waals surface area contributed by atoms with Gasteiger partial charge in [0.1, 0.15) is 11.9 Å². The van der Waals surface area contributed by atoms with E-state index in [2.05, 4.69) is 10.3 Å². The minimum atomic E-state index is -0.514. The average Bonchev–Trinajstić information content (AvgIpc) is 3.13. The maximum absolute atomic E-state index is 13.7. The molecule has 1 amide bonds. The normalized spacial score (nSPS) is 16.4. The van der Waals surface area contributed by atoms with Gasteiger partial charge >= 0.3 is 0 Å². The number of nitrogens with zero attached hydrogens (tertiary/aromatic N) is 2. The SMILES string of the molecule is CC(C(=O)NC1CC1)n1c(N)nc2cc(I)c(F)cc21. The van der Waals surface area contributed by atoms with Gasteiger partial charge in [0.15, 0.2) is 0 Å². The lowest BCUT2D eigenvalue weighted by molar-refractivity contribution is -0.123. The van der Waals surface area contributed by atoms with Crippen LogP contribution in [-0.2, 0) is 4.79 Å². The molecule has 7 heteroatoms. The van der Waals surface area contributed by atoms with Crippen LogP contribution < -0.4 is 11.1 Å². The lowest BCUT2D eigenvalue weighted by Gasteiger charge is -2.15. The fourth-order valence-corrected chi connectivity index (χ4v) is 2.63. The Hall–Kier alpha value is -1.38. The van der Waals surface area contributed by atoms with Crippen LogP contribution in [0.3, 0.4) is 0 Å². The van der Waals surface area contributed by atoms with Gasteiger partial charge in [0, 0.05) is 12.1 Å². The number of halogens is 2. The van der Waals surface area contributed by atoms with E-state index in [1.54, 1.807) is 17.6 Å². The van der Waals surface area contributed by atoms with Gasteiger partial charge in [0.05, 0.1) is 14.6 Å². The Labute approximate surface area is 128 Å². The molecule has 106 valence electrons. The highest BCUT2D eigenvalue weighted by molar-refractivity contribution is 14.1. The summed E-state index contributed by atoms with van der Waals surface area (Å²) in [5, 5.41) is 2.92. The molecule has 1 heterocycles. The third kappa shape index (κ3) is 2.34. The molecule has 0 aliphatic heterocycles. The Morgan fingerprint density at radius 2 is 2.30 bits per heavy atom. The second-order valence-electron chi connectivity index (χ2n) is 5.05. The first-order valence-corrected chi connectivity index (χ1v) is 7.48. The van der Waals surface area contributed by atoms with Crippen molar-refractivity contribution in [1.29, 1.82) is 0 Å². The second-order valence-corrected chi connectivity index (χ2v) is 6.22. The Morgan fingerprint density at radius 1 is 1.60 bits per heavy atom. The number of hydrogen-bond acceptors (Lipinski definition) is 3. The van der Waals surface area contributed by atoms with Crippen LogP contribution >= 0.6 is 22.6 Å². The molecule has 3 rings (SSSR count). The first kappa shape index (κ1) is 13.6. The van der Waals surface area contributed by atoms with E-state index >= 15 is 0 Å². The topological polar surface area (TPSA) is 72.9 Å². The molecule has 5 nitrogen and oxygen atoms in total. The number of imidazole rings is 1. The predicted octanol–water partition coefficient (Wildman–Crippen LogP) is 2.20. The molecule has 0 radical (unpaired) electrons. The smallest absolute Gasteiger partial charge is 0.243 e. The van der Waals surface area contributed by atoms with Crippen LogP contribution in [0.5, 0.6) is 0 Å². The second kappa shape index (κ2) is 4.87. The Morgan fingerprint density at radius 3 is 2.95 bits per heavy atom. The standard InChI is InChI=1S/C13H14FIN4O/c1-6(12(20)17-7-2-3-7)19-11-4-8(14)9(15)5-10(11)18-13(19)16/h4-7H,2-3H2,1H3,(H2,16,18)(H,17,20). The van der Waals surface area contributed by atoms with E-state index in [0.717, 1.165) is 12.8 Å². The molecule has 0 bridgehead atoms. The van der Waals surface area contributed by atoms with Crippen LogP contribution in [0.25, 0.3) is 11.0 Å². The molecule has 1 aromatic heterocycles. The number of amides is 1. The monoisotopic (exact) mass is 388 g/mol. The number of carbonyl (C=O) groups is 1. The predicted molar refractivity (Wildman–Crippen MR) is 82.7 cm³/mol. The molecular formula is C13H14FIN4O. The molecule has 0 saturated heterocycles. The zero-order valence-electron chi connectivity index (χ0n) is 10.9. The van der Waals surface area contributed by atoms with Crippen molar-refractivity contribution in [1.82, 2.24) is 14.9 Å². The Bertz CT molecular complexity index is 695. The zero-order chi connectivity index (χ0) is 14.4. The highest BCUT2D eigenvalue weighted by atomic mass is 127. The lowest BCUT2D eigenvalue weighted by atomic mass is 10.2. The van der Waals surface area contributed by atoms with Gasteiger partial charge in [0.2, 0.25) is 11.9 Å². The van der Waals surface area contributed by atoms with Gasteiger partial charge in [-0.2, -0.15) is 0 Å². The number of aromatic nitrogens is 2. The van der Waals surface area contributed by atoms with Crippen molar-refractivity contribution in [2.75, 3.05) is 5.73 Å². The molecule has 1 atom stereocenters. The molecule has 1 fully saturated rings. The summed E-state index contributed by atoms with van der Waals surface area (Å²) in [5.41, 5.74) is 7.02. The number of rotatable bonds is 3. The molecule has 1 aromatic carbocycles. The van der Waals surface area contributed by atoms with Gasteiger partial charge in [-0.1, -0.05) is 0 Å². The number of hydrogen-bond donors (Lipinski definition) is 2. The van der Waals surface area contributed by atoms with Crippen molar-refractivity contribution in [3.63, 3.8) is 0 Å². The van der Waals surface area contributed by atoms with Crippen molar-refractivity contribution in [3.05, 3.63) is 21.5 Å². The number of benzene rings is 1. The van der Waals surface area contributed by atoms with Gasteiger partial charge in [-0.3, -0.25) is 9.36 Å². The van der Waals surface area contributed by atoms with E-state index < -0.39 is 6.04 Å². The van der Waals surface area contributed by atoms with Gasteiger partial charge in [0.25, 0.3) is 0 Å². The summed E-state index contributed by atoms with van der Waals surface area (Å²) in [5.74, 6) is -0.230. The van der Waals surface area contributed by atoms with Crippen LogP contribution in [0.1, 0.15) is 25.8 Å². The fourth-order valence-electron chi connectivity index (χ4n) is 2.18. The maximum Gasteiger partial charge on any atom is 0.243 e. The molecule has 3 N–H and O–H groups in total. The van der Waals surface area contributed by atoms with E-state index in [-0.39, 0.29) is 23.7 Å². The summed E-state index contributed by atoms with van der Waals surface area (Å²) >= 11 is 1.90. The van der Waals surface area contributed by atoms with Crippen LogP contribution in [0, 0.1) is 9.39 Å². The number of carbonyl (C=O) groups excluding carboxylic acids is 1. The molecule has 20 heavy (non-hydrogen) atoms. The third-order valence-corrected chi connectivity index (χ3v) is 4.28. The fraction of sp³-hybridized carbons (Fsp3) is 0.385. The van der Waals surface area contributed by atoms with E-state index in [0.29, 0.717) is 14.6 Å². The highest BCUT2D eigenvalue weighted by Gasteiger charge is 2.28. The third-order valence-electron chi connectivity index (χ3n) is 3.45. The molecule has 1 aliphatic rings. The minimum absolute atomic E-state index is 0.113. The average molecular weight is 388 g/mol. The summed E-state index contributed by atoms with van der Waals surface area (Å²) in [6.07, 6.45) is 2.04. The molecule has 1 unspecified atom stereocenters. The largest absolute Gasteiger partial charge is 0.369 e. The van der Waals surface area contributed by atoms with E-state index in [1.165, 1.54) is 6.07 Å². The summed E-state index contributed by atoms with van der Waals surface area (Å²) in [6.45, 7) is 1.74. The van der Waals surface area contributed by atoms with Crippen molar-refractivity contribution in [3.8, 4) is 0 Å². The molecule has 2 aromatic rings. The summed E-state index contributed by atoms with van der Waals surface area (Å²) in [7, 11) is 0. The summed E-state index contributed by atoms with van der Waals surface area (Å²) in [6, 6.07) is 2.77. The summed E-state index contributed by atoms with van der Waals surface area (Å²) < 4.78 is 15.8. The highest BCUT2D eigenvalue weighted by Crippen LogP contribution is 2.27. The van der Waals surface area contributed by atoms with Crippen LogP contribution in [-0.4, -0.2) is 21.5 Å². The Balaban J connectivity index is 2.02. The van der Waals surface area contributed by atoms with Gasteiger partial charge in [-0.25, -0.2) is 9.37 Å². The quantitative estimate of drug-likeness (QED) is 0.792. The van der Waals surface area contributed by atoms with E-state index in [4.69, 9.17) is 5.73 Å². The molecule has 1 saturated carbocycles. The molecule has 1 aliphatic carbocycles. The zero-order valence-corrected chi connectivity index (χ0v) is 13.0. The number of nitrogens with one attached hydrogen (secondary N) is 1. The first-order valence-electron chi connectivity index (χ1n) is 6.40. The molecule has 0 spiro atoms. The first-order chi connectivity index (χ1) is 9.47. The number of nitrogens with two attached hydrogens (primary N) is 1. The van der Waals surface area contributed by atoms with Crippen LogP contribution in [0.4, 0.5) is 10.3 Å². The van der Waals surface area contributed by atoms with Crippen molar-refractivity contribution >= 4 is 45.5 Å². The van der Waals surface area contributed by atoms with E-state index in [1.807, 2.05) is 22.6 Å². The number of fused-ring (bicyclic) bond motifs is 1. The maximum atomic E-state index is 13.7. The lowest BCUT2D eigenvalue weighted by Crippen LogP contribution is -2.32. The van der Waals surface area contributed by atoms with E-state index in [9.17, 15) is 9.18 Å². The van der Waals surface area contributed by atoms with Crippen molar-refractivity contribution in [2.24, 2.45) is 0 Å². The minimum Gasteiger partial charge on any atom is -0.369 e. The van der Waals surface area contributed by atoms with Gasteiger partial charge in [-0.05, 0) is 48.4 Å². The van der Waals surface area contributed by atoms with Crippen molar-refractivity contribution in [2.45, 2.75) is 31.8 Å². The molecular weight excluding hydrogens is 374 g/mol. The van der Waals surface area contributed by atoms with Crippen molar-refractivity contribution < 1.29 is 9.18 Å². The van der Waals surface area contributed by atoms with Gasteiger partial charge in [-0.15, -0.1) is 0 Å².